The Morgan fingerprint density at radius 1 is 1.00 bits per heavy atom. The van der Waals surface area contributed by atoms with Crippen LogP contribution in [-0.4, -0.2) is 7.11 Å². The van der Waals surface area contributed by atoms with Crippen molar-refractivity contribution in [1.29, 1.82) is 0 Å². The summed E-state index contributed by atoms with van der Waals surface area (Å²) in [5, 5.41) is 0.489. The molecule has 0 unspecified atom stereocenters. The van der Waals surface area contributed by atoms with Crippen molar-refractivity contribution >= 4 is 26.9 Å². The molecule has 1 aromatic heterocycles. The SMILES string of the molecule is COc1ccc(-c2oc3ccccc3c(=O)c2OCc2ccc(C)cc2)cc1Br. The van der Waals surface area contributed by atoms with E-state index in [-0.39, 0.29) is 17.8 Å². The minimum absolute atomic E-state index is 0.194. The summed E-state index contributed by atoms with van der Waals surface area (Å²) in [5.41, 5.74) is 3.19. The first kappa shape index (κ1) is 19.3. The third-order valence-corrected chi connectivity index (χ3v) is 5.29. The number of hydrogen-bond acceptors (Lipinski definition) is 4. The molecule has 5 heteroatoms. The maximum atomic E-state index is 13.2. The molecule has 0 aliphatic heterocycles. The second-order valence-corrected chi connectivity index (χ2v) is 7.56. The van der Waals surface area contributed by atoms with Gasteiger partial charge < -0.3 is 13.9 Å². The molecule has 0 aliphatic rings. The molecule has 0 amide bonds. The fourth-order valence-corrected chi connectivity index (χ4v) is 3.63. The summed E-state index contributed by atoms with van der Waals surface area (Å²) in [5.74, 6) is 1.28. The van der Waals surface area contributed by atoms with Gasteiger partial charge >= 0.3 is 0 Å². The van der Waals surface area contributed by atoms with Crippen molar-refractivity contribution in [2.24, 2.45) is 0 Å². The summed E-state index contributed by atoms with van der Waals surface area (Å²) in [6, 6.07) is 20.7. The normalized spacial score (nSPS) is 10.9. The van der Waals surface area contributed by atoms with Gasteiger partial charge in [-0.3, -0.25) is 4.79 Å². The number of hydrogen-bond donors (Lipinski definition) is 0. The van der Waals surface area contributed by atoms with Crippen molar-refractivity contribution < 1.29 is 13.9 Å². The minimum atomic E-state index is -0.194. The Kier molecular flexibility index (Phi) is 5.41. The first-order chi connectivity index (χ1) is 14.1. The Morgan fingerprint density at radius 3 is 2.48 bits per heavy atom. The Balaban J connectivity index is 1.83. The van der Waals surface area contributed by atoms with E-state index in [1.807, 2.05) is 61.5 Å². The highest BCUT2D eigenvalue weighted by atomic mass is 79.9. The molecular formula is C24H19BrO4. The Bertz CT molecular complexity index is 1230. The summed E-state index contributed by atoms with van der Waals surface area (Å²) < 4.78 is 18.2. The van der Waals surface area contributed by atoms with E-state index in [2.05, 4.69) is 15.9 Å². The van der Waals surface area contributed by atoms with Crippen LogP contribution in [0.5, 0.6) is 11.5 Å². The molecule has 0 fully saturated rings. The van der Waals surface area contributed by atoms with Crippen LogP contribution < -0.4 is 14.9 Å². The van der Waals surface area contributed by atoms with Gasteiger partial charge in [0, 0.05) is 5.56 Å². The van der Waals surface area contributed by atoms with Crippen LogP contribution in [0.15, 0.2) is 80.4 Å². The molecule has 4 rings (SSSR count). The number of para-hydroxylation sites is 1. The lowest BCUT2D eigenvalue weighted by Gasteiger charge is -2.13. The fourth-order valence-electron chi connectivity index (χ4n) is 3.09. The van der Waals surface area contributed by atoms with Crippen molar-refractivity contribution in [3.63, 3.8) is 0 Å². The fraction of sp³-hybridized carbons (Fsp3) is 0.125. The van der Waals surface area contributed by atoms with E-state index in [9.17, 15) is 4.79 Å². The van der Waals surface area contributed by atoms with Gasteiger partial charge in [-0.1, -0.05) is 42.0 Å². The number of halogens is 1. The molecular weight excluding hydrogens is 432 g/mol. The Labute approximate surface area is 176 Å². The third kappa shape index (κ3) is 3.91. The standard InChI is InChI=1S/C24H19BrO4/c1-15-7-9-16(10-8-15)14-28-24-22(26)18-5-3-4-6-20(18)29-23(24)17-11-12-21(27-2)19(25)13-17/h3-13H,14H2,1-2H3. The quantitative estimate of drug-likeness (QED) is 0.367. The van der Waals surface area contributed by atoms with Gasteiger partial charge in [0.2, 0.25) is 11.2 Å². The van der Waals surface area contributed by atoms with Crippen LogP contribution in [0.1, 0.15) is 11.1 Å². The maximum Gasteiger partial charge on any atom is 0.235 e. The summed E-state index contributed by atoms with van der Waals surface area (Å²) in [4.78, 5) is 13.2. The summed E-state index contributed by atoms with van der Waals surface area (Å²) in [7, 11) is 1.60. The van der Waals surface area contributed by atoms with E-state index in [0.29, 0.717) is 22.5 Å². The van der Waals surface area contributed by atoms with Crippen LogP contribution in [0.4, 0.5) is 0 Å². The van der Waals surface area contributed by atoms with Crippen molar-refractivity contribution in [2.75, 3.05) is 7.11 Å². The van der Waals surface area contributed by atoms with E-state index in [4.69, 9.17) is 13.9 Å². The topological polar surface area (TPSA) is 48.7 Å². The predicted molar refractivity (Wildman–Crippen MR) is 118 cm³/mol. The summed E-state index contributed by atoms with van der Waals surface area (Å²) in [6.45, 7) is 2.30. The smallest absolute Gasteiger partial charge is 0.235 e. The minimum Gasteiger partial charge on any atom is -0.496 e. The number of aryl methyl sites for hydroxylation is 1. The van der Waals surface area contributed by atoms with E-state index in [1.54, 1.807) is 19.2 Å². The second-order valence-electron chi connectivity index (χ2n) is 6.71. The first-order valence-electron chi connectivity index (χ1n) is 9.15. The van der Waals surface area contributed by atoms with E-state index >= 15 is 0 Å². The van der Waals surface area contributed by atoms with Gasteiger partial charge in [0.15, 0.2) is 5.76 Å². The number of ether oxygens (including phenoxy) is 2. The van der Waals surface area contributed by atoms with Crippen molar-refractivity contribution in [1.82, 2.24) is 0 Å². The summed E-state index contributed by atoms with van der Waals surface area (Å²) in [6.07, 6.45) is 0. The lowest BCUT2D eigenvalue weighted by molar-refractivity contribution is 0.298. The zero-order chi connectivity index (χ0) is 20.4. The molecule has 0 saturated carbocycles. The molecule has 4 aromatic rings. The van der Waals surface area contributed by atoms with Gasteiger partial charge in [0.25, 0.3) is 0 Å². The van der Waals surface area contributed by atoms with Crippen LogP contribution in [0.3, 0.4) is 0 Å². The average molecular weight is 451 g/mol. The lowest BCUT2D eigenvalue weighted by atomic mass is 10.1. The monoisotopic (exact) mass is 450 g/mol. The number of methoxy groups -OCH3 is 1. The molecule has 0 radical (unpaired) electrons. The van der Waals surface area contributed by atoms with Gasteiger partial charge in [-0.25, -0.2) is 0 Å². The average Bonchev–Trinajstić information content (AvgIpc) is 2.74. The molecule has 146 valence electrons. The third-order valence-electron chi connectivity index (χ3n) is 4.67. The van der Waals surface area contributed by atoms with Crippen LogP contribution in [0, 0.1) is 6.92 Å². The second kappa shape index (κ2) is 8.13. The molecule has 1 heterocycles. The molecule has 0 atom stereocenters. The zero-order valence-electron chi connectivity index (χ0n) is 16.1. The highest BCUT2D eigenvalue weighted by Gasteiger charge is 2.18. The van der Waals surface area contributed by atoms with Gasteiger partial charge in [-0.15, -0.1) is 0 Å². The van der Waals surface area contributed by atoms with E-state index < -0.39 is 0 Å². The predicted octanol–water partition coefficient (Wildman–Crippen LogP) is 6.12. The summed E-state index contributed by atoms with van der Waals surface area (Å²) >= 11 is 3.49. The van der Waals surface area contributed by atoms with Gasteiger partial charge in [0.1, 0.15) is 17.9 Å². The number of benzene rings is 3. The van der Waals surface area contributed by atoms with Crippen molar-refractivity contribution in [3.05, 3.63) is 92.6 Å². The Morgan fingerprint density at radius 2 is 1.76 bits per heavy atom. The lowest BCUT2D eigenvalue weighted by Crippen LogP contribution is -2.10. The maximum absolute atomic E-state index is 13.2. The molecule has 0 saturated heterocycles. The van der Waals surface area contributed by atoms with Crippen LogP contribution in [-0.2, 0) is 6.61 Å². The number of fused-ring (bicyclic) bond motifs is 1. The molecule has 4 nitrogen and oxygen atoms in total. The molecule has 29 heavy (non-hydrogen) atoms. The first-order valence-corrected chi connectivity index (χ1v) is 9.94. The Hall–Kier alpha value is -3.05. The highest BCUT2D eigenvalue weighted by molar-refractivity contribution is 9.10. The molecule has 0 bridgehead atoms. The van der Waals surface area contributed by atoms with Crippen LogP contribution in [0.2, 0.25) is 0 Å². The van der Waals surface area contributed by atoms with Gasteiger partial charge in [-0.2, -0.15) is 0 Å². The molecule has 0 aliphatic carbocycles. The van der Waals surface area contributed by atoms with Gasteiger partial charge in [0.05, 0.1) is 17.0 Å². The molecule has 0 N–H and O–H groups in total. The van der Waals surface area contributed by atoms with E-state index in [1.165, 1.54) is 5.56 Å². The van der Waals surface area contributed by atoms with Crippen LogP contribution >= 0.6 is 15.9 Å². The van der Waals surface area contributed by atoms with Gasteiger partial charge in [-0.05, 0) is 58.7 Å². The van der Waals surface area contributed by atoms with Crippen LogP contribution in [0.25, 0.3) is 22.3 Å². The number of rotatable bonds is 5. The molecule has 3 aromatic carbocycles. The largest absolute Gasteiger partial charge is 0.496 e. The zero-order valence-corrected chi connectivity index (χ0v) is 17.7. The highest BCUT2D eigenvalue weighted by Crippen LogP contribution is 2.35. The van der Waals surface area contributed by atoms with E-state index in [0.717, 1.165) is 15.6 Å². The van der Waals surface area contributed by atoms with Crippen molar-refractivity contribution in [3.8, 4) is 22.8 Å². The molecule has 0 spiro atoms. The van der Waals surface area contributed by atoms with Crippen molar-refractivity contribution in [2.45, 2.75) is 13.5 Å².